The van der Waals surface area contributed by atoms with Crippen LogP contribution in [0, 0.1) is 0 Å². The average molecular weight is 322 g/mol. The van der Waals surface area contributed by atoms with Gasteiger partial charge in [-0.25, -0.2) is 4.79 Å². The number of hydrogen-bond donors (Lipinski definition) is 0. The highest BCUT2D eigenvalue weighted by atomic mass is 28.4. The maximum absolute atomic E-state index is 11.4. The molecule has 1 aromatic rings. The van der Waals surface area contributed by atoms with Crippen molar-refractivity contribution in [3.05, 3.63) is 29.8 Å². The molecule has 1 atom stereocenters. The Balaban J connectivity index is 1.91. The van der Waals surface area contributed by atoms with E-state index < -0.39 is 14.4 Å². The van der Waals surface area contributed by atoms with E-state index in [4.69, 9.17) is 13.9 Å². The van der Waals surface area contributed by atoms with Crippen LogP contribution >= 0.6 is 0 Å². The standard InChI is InChI=1S/C17H26O4Si/c1-17(2,3)22(4,5)20-12-13-6-8-14(9-7-13)21-15-10-11-19-16(15)18/h6-9,15H,10-12H2,1-5H3. The molecule has 1 saturated heterocycles. The van der Waals surface area contributed by atoms with E-state index >= 15 is 0 Å². The molecule has 0 spiro atoms. The molecule has 0 aromatic heterocycles. The topological polar surface area (TPSA) is 44.8 Å². The summed E-state index contributed by atoms with van der Waals surface area (Å²) in [7, 11) is -1.73. The summed E-state index contributed by atoms with van der Waals surface area (Å²) in [5.74, 6) is 0.422. The first-order chi connectivity index (χ1) is 10.2. The Kier molecular flexibility index (Phi) is 4.97. The van der Waals surface area contributed by atoms with Crippen molar-refractivity contribution in [1.82, 2.24) is 0 Å². The van der Waals surface area contributed by atoms with Crippen molar-refractivity contribution < 1.29 is 18.7 Å². The van der Waals surface area contributed by atoms with E-state index in [1.807, 2.05) is 24.3 Å². The van der Waals surface area contributed by atoms with E-state index in [1.54, 1.807) is 0 Å². The minimum atomic E-state index is -1.73. The van der Waals surface area contributed by atoms with E-state index in [9.17, 15) is 4.79 Å². The van der Waals surface area contributed by atoms with Crippen LogP contribution in [0.15, 0.2) is 24.3 Å². The van der Waals surface area contributed by atoms with Crippen LogP contribution in [0.4, 0.5) is 0 Å². The summed E-state index contributed by atoms with van der Waals surface area (Å²) in [5.41, 5.74) is 1.12. The van der Waals surface area contributed by atoms with Crippen LogP contribution in [-0.2, 0) is 20.6 Å². The van der Waals surface area contributed by atoms with Gasteiger partial charge in [-0.05, 0) is 35.8 Å². The van der Waals surface area contributed by atoms with Gasteiger partial charge in [-0.15, -0.1) is 0 Å². The molecule has 1 aliphatic heterocycles. The molecular formula is C17H26O4Si. The second-order valence-electron chi connectivity index (χ2n) is 7.26. The van der Waals surface area contributed by atoms with Gasteiger partial charge < -0.3 is 13.9 Å². The zero-order chi connectivity index (χ0) is 16.4. The summed E-state index contributed by atoms with van der Waals surface area (Å²) >= 11 is 0. The fraction of sp³-hybridized carbons (Fsp3) is 0.588. The molecule has 1 heterocycles. The highest BCUT2D eigenvalue weighted by molar-refractivity contribution is 6.74. The van der Waals surface area contributed by atoms with Gasteiger partial charge in [-0.1, -0.05) is 32.9 Å². The van der Waals surface area contributed by atoms with Crippen molar-refractivity contribution in [1.29, 1.82) is 0 Å². The average Bonchev–Trinajstić information content (AvgIpc) is 2.82. The number of benzene rings is 1. The molecule has 1 aromatic carbocycles. The third-order valence-corrected chi connectivity index (χ3v) is 8.97. The van der Waals surface area contributed by atoms with Crippen LogP contribution in [0.3, 0.4) is 0 Å². The maximum atomic E-state index is 11.4. The first-order valence-electron chi connectivity index (χ1n) is 7.75. The minimum Gasteiger partial charge on any atom is -0.479 e. The molecule has 0 bridgehead atoms. The van der Waals surface area contributed by atoms with Gasteiger partial charge in [0.15, 0.2) is 14.4 Å². The molecule has 1 fully saturated rings. The van der Waals surface area contributed by atoms with E-state index in [1.165, 1.54) is 0 Å². The van der Waals surface area contributed by atoms with Crippen molar-refractivity contribution in [2.24, 2.45) is 0 Å². The fourth-order valence-electron chi connectivity index (χ4n) is 1.89. The van der Waals surface area contributed by atoms with Gasteiger partial charge in [0.1, 0.15) is 5.75 Å². The lowest BCUT2D eigenvalue weighted by Crippen LogP contribution is -2.40. The van der Waals surface area contributed by atoms with Crippen LogP contribution < -0.4 is 4.74 Å². The normalized spacial score (nSPS) is 19.1. The molecule has 5 heteroatoms. The molecule has 22 heavy (non-hydrogen) atoms. The lowest BCUT2D eigenvalue weighted by atomic mass is 10.2. The SMILES string of the molecule is CC(C)(C)[Si](C)(C)OCc1ccc(OC2CCOC2=O)cc1. The van der Waals surface area contributed by atoms with Crippen molar-refractivity contribution >= 4 is 14.3 Å². The maximum Gasteiger partial charge on any atom is 0.347 e. The quantitative estimate of drug-likeness (QED) is 0.609. The highest BCUT2D eigenvalue weighted by Crippen LogP contribution is 2.37. The monoisotopic (exact) mass is 322 g/mol. The van der Waals surface area contributed by atoms with E-state index in [2.05, 4.69) is 33.9 Å². The lowest BCUT2D eigenvalue weighted by Gasteiger charge is -2.36. The second kappa shape index (κ2) is 6.42. The summed E-state index contributed by atoms with van der Waals surface area (Å²) in [6, 6.07) is 7.75. The van der Waals surface area contributed by atoms with Gasteiger partial charge >= 0.3 is 5.97 Å². The van der Waals surface area contributed by atoms with E-state index in [0.29, 0.717) is 25.4 Å². The van der Waals surface area contributed by atoms with Gasteiger partial charge in [0, 0.05) is 6.42 Å². The van der Waals surface area contributed by atoms with Crippen LogP contribution in [0.1, 0.15) is 32.8 Å². The van der Waals surface area contributed by atoms with E-state index in [-0.39, 0.29) is 11.0 Å². The number of ether oxygens (including phenoxy) is 2. The van der Waals surface area contributed by atoms with Gasteiger partial charge in [0.05, 0.1) is 13.2 Å². The minimum absolute atomic E-state index is 0.207. The molecule has 0 amide bonds. The summed E-state index contributed by atoms with van der Waals surface area (Å²) in [4.78, 5) is 11.4. The number of carbonyl (C=O) groups excluding carboxylic acids is 1. The summed E-state index contributed by atoms with van der Waals surface area (Å²) < 4.78 is 16.7. The van der Waals surface area contributed by atoms with Crippen LogP contribution in [0.2, 0.25) is 18.1 Å². The Morgan fingerprint density at radius 2 is 1.86 bits per heavy atom. The summed E-state index contributed by atoms with van der Waals surface area (Å²) in [6.45, 7) is 12.3. The summed E-state index contributed by atoms with van der Waals surface area (Å²) in [5, 5.41) is 0.207. The molecule has 0 radical (unpaired) electrons. The summed E-state index contributed by atoms with van der Waals surface area (Å²) in [6.07, 6.45) is 0.157. The van der Waals surface area contributed by atoms with E-state index in [0.717, 1.165) is 5.56 Å². The van der Waals surface area contributed by atoms with Crippen molar-refractivity contribution in [3.8, 4) is 5.75 Å². The molecule has 1 aliphatic rings. The Hall–Kier alpha value is -1.33. The van der Waals surface area contributed by atoms with Crippen molar-refractivity contribution in [3.63, 3.8) is 0 Å². The zero-order valence-corrected chi connectivity index (χ0v) is 15.1. The Morgan fingerprint density at radius 3 is 2.36 bits per heavy atom. The number of rotatable bonds is 5. The number of cyclic esters (lactones) is 1. The predicted molar refractivity (Wildman–Crippen MR) is 88.4 cm³/mol. The fourth-order valence-corrected chi connectivity index (χ4v) is 2.85. The van der Waals surface area contributed by atoms with Crippen molar-refractivity contribution in [2.75, 3.05) is 6.61 Å². The largest absolute Gasteiger partial charge is 0.479 e. The number of hydrogen-bond acceptors (Lipinski definition) is 4. The predicted octanol–water partition coefficient (Wildman–Crippen LogP) is 3.90. The Labute approximate surface area is 133 Å². The molecular weight excluding hydrogens is 296 g/mol. The number of carbonyl (C=O) groups is 1. The molecule has 2 rings (SSSR count). The van der Waals surface area contributed by atoms with Crippen molar-refractivity contribution in [2.45, 2.75) is 58.0 Å². The molecule has 122 valence electrons. The Morgan fingerprint density at radius 1 is 1.23 bits per heavy atom. The first-order valence-corrected chi connectivity index (χ1v) is 10.7. The molecule has 1 unspecified atom stereocenters. The molecule has 0 aliphatic carbocycles. The number of esters is 1. The third kappa shape index (κ3) is 4.11. The van der Waals surface area contributed by atoms with Crippen LogP contribution in [-0.4, -0.2) is 27.0 Å². The highest BCUT2D eigenvalue weighted by Gasteiger charge is 2.37. The van der Waals surface area contributed by atoms with Crippen LogP contribution in [0.25, 0.3) is 0 Å². The van der Waals surface area contributed by atoms with Gasteiger partial charge in [-0.3, -0.25) is 0 Å². The van der Waals surface area contributed by atoms with Gasteiger partial charge in [0.25, 0.3) is 0 Å². The van der Waals surface area contributed by atoms with Gasteiger partial charge in [0.2, 0.25) is 0 Å². The molecule has 0 saturated carbocycles. The van der Waals surface area contributed by atoms with Gasteiger partial charge in [-0.2, -0.15) is 0 Å². The zero-order valence-electron chi connectivity index (χ0n) is 14.1. The smallest absolute Gasteiger partial charge is 0.347 e. The third-order valence-electron chi connectivity index (χ3n) is 4.49. The van der Waals surface area contributed by atoms with Crippen LogP contribution in [0.5, 0.6) is 5.75 Å². The molecule has 0 N–H and O–H groups in total. The second-order valence-corrected chi connectivity index (χ2v) is 12.1. The lowest BCUT2D eigenvalue weighted by molar-refractivity contribution is -0.143. The first kappa shape index (κ1) is 17.0. The molecule has 4 nitrogen and oxygen atoms in total. The Bertz CT molecular complexity index is 516.